The van der Waals surface area contributed by atoms with Crippen LogP contribution in [0.1, 0.15) is 0 Å². The summed E-state index contributed by atoms with van der Waals surface area (Å²) in [6.07, 6.45) is 0. The molecule has 0 amide bonds. The first-order valence-electron chi connectivity index (χ1n) is 33.3. The van der Waals surface area contributed by atoms with E-state index in [-0.39, 0.29) is 0 Å². The van der Waals surface area contributed by atoms with Gasteiger partial charge in [0.2, 0.25) is 0 Å². The van der Waals surface area contributed by atoms with Crippen LogP contribution in [-0.4, -0.2) is 39.5 Å². The van der Waals surface area contributed by atoms with E-state index in [9.17, 15) is 0 Å². The van der Waals surface area contributed by atoms with Crippen molar-refractivity contribution < 1.29 is 0 Å². The molecule has 0 N–H and O–H groups in total. The van der Waals surface area contributed by atoms with Gasteiger partial charge >= 0.3 is 0 Å². The van der Waals surface area contributed by atoms with Gasteiger partial charge in [0.1, 0.15) is 5.82 Å². The monoisotopic (exact) mass is 1260 g/mol. The Morgan fingerprint density at radius 3 is 1.14 bits per heavy atom. The third kappa shape index (κ3) is 10.9. The molecule has 0 atom stereocenters. The van der Waals surface area contributed by atoms with Gasteiger partial charge in [-0.3, -0.25) is 4.57 Å². The smallest absolute Gasteiger partial charge is 0.160 e. The van der Waals surface area contributed by atoms with Crippen molar-refractivity contribution in [1.29, 1.82) is 0 Å². The summed E-state index contributed by atoms with van der Waals surface area (Å²) in [5, 5.41) is 6.61. The molecule has 0 aliphatic heterocycles. The van der Waals surface area contributed by atoms with Crippen LogP contribution in [-0.2, 0) is 0 Å². The summed E-state index contributed by atoms with van der Waals surface area (Å²) in [5.41, 5.74) is 25.5. The molecule has 8 nitrogen and oxygen atoms in total. The Morgan fingerprint density at radius 2 is 0.606 bits per heavy atom. The van der Waals surface area contributed by atoms with E-state index in [1.807, 2.05) is 54.6 Å². The largest absolute Gasteiger partial charge is 0.292 e. The molecule has 0 fully saturated rings. The van der Waals surface area contributed by atoms with E-state index < -0.39 is 0 Å². The van der Waals surface area contributed by atoms with E-state index in [1.165, 1.54) is 22.3 Å². The molecule has 462 valence electrons. The highest BCUT2D eigenvalue weighted by Crippen LogP contribution is 2.41. The molecule has 0 saturated heterocycles. The summed E-state index contributed by atoms with van der Waals surface area (Å²) in [5.74, 6) is 1.61. The van der Waals surface area contributed by atoms with Crippen LogP contribution in [0.5, 0.6) is 0 Å². The number of rotatable bonds is 10. The molecule has 6 heterocycles. The molecule has 19 aromatic rings. The van der Waals surface area contributed by atoms with Crippen molar-refractivity contribution in [3.8, 4) is 107 Å². The number of benzene rings is 13. The summed E-state index contributed by atoms with van der Waals surface area (Å²) >= 11 is 0. The van der Waals surface area contributed by atoms with Crippen LogP contribution in [0.15, 0.2) is 352 Å². The van der Waals surface area contributed by atoms with Gasteiger partial charge in [0, 0.05) is 82.5 Å². The molecule has 6 aromatic heterocycles. The van der Waals surface area contributed by atoms with Crippen LogP contribution in [0.4, 0.5) is 0 Å². The van der Waals surface area contributed by atoms with Gasteiger partial charge in [-0.15, -0.1) is 0 Å². The third-order valence-electron chi connectivity index (χ3n) is 18.7. The van der Waals surface area contributed by atoms with Crippen molar-refractivity contribution in [1.82, 2.24) is 39.5 Å². The lowest BCUT2D eigenvalue weighted by molar-refractivity contribution is 1.10. The SMILES string of the molecule is c1ccc(-c2c3ccccc3nc3c2ccc2ccc(-c4cccc(-c5ccc(-n6c(-c7ccccc7)nc7ccccc76)cc5)c4)nc23)cc1.c1ccc(-c2cc(-c3ccccc3)nc(-c3ccc(-c4ccc5ccc6c(-c7ccccc7)c7ccccc7nc6c5n4)cc3)n2)cc1. The fourth-order valence-electron chi connectivity index (χ4n) is 13.8. The van der Waals surface area contributed by atoms with E-state index in [1.54, 1.807) is 0 Å². The maximum atomic E-state index is 5.29. The number of hydrogen-bond acceptors (Lipinski definition) is 7. The number of aromatic nitrogens is 8. The number of pyridine rings is 4. The van der Waals surface area contributed by atoms with Gasteiger partial charge in [-0.25, -0.2) is 34.9 Å². The van der Waals surface area contributed by atoms with Crippen molar-refractivity contribution in [3.63, 3.8) is 0 Å². The lowest BCUT2D eigenvalue weighted by Crippen LogP contribution is -1.97. The van der Waals surface area contributed by atoms with Crippen LogP contribution in [0.2, 0.25) is 0 Å². The average Bonchev–Trinajstić information content (AvgIpc) is 1.46. The van der Waals surface area contributed by atoms with Crippen molar-refractivity contribution in [2.45, 2.75) is 0 Å². The fourth-order valence-corrected chi connectivity index (χ4v) is 13.8. The topological polar surface area (TPSA) is 95.2 Å². The van der Waals surface area contributed by atoms with Gasteiger partial charge < -0.3 is 0 Å². The predicted molar refractivity (Wildman–Crippen MR) is 408 cm³/mol. The zero-order chi connectivity index (χ0) is 65.6. The van der Waals surface area contributed by atoms with E-state index in [2.05, 4.69) is 302 Å². The molecule has 0 spiro atoms. The molecule has 0 bridgehead atoms. The second kappa shape index (κ2) is 25.0. The first-order valence-corrected chi connectivity index (χ1v) is 33.3. The number of nitrogens with zero attached hydrogens (tertiary/aromatic N) is 8. The van der Waals surface area contributed by atoms with Crippen molar-refractivity contribution in [2.75, 3.05) is 0 Å². The van der Waals surface area contributed by atoms with Crippen LogP contribution in [0.25, 0.3) is 183 Å². The second-order valence-electron chi connectivity index (χ2n) is 24.7. The second-order valence-corrected chi connectivity index (χ2v) is 24.7. The first-order chi connectivity index (χ1) is 49.1. The van der Waals surface area contributed by atoms with Crippen molar-refractivity contribution in [3.05, 3.63) is 352 Å². The molecular formula is C91H58N8. The van der Waals surface area contributed by atoms with Gasteiger partial charge in [-0.2, -0.15) is 0 Å². The summed E-state index contributed by atoms with van der Waals surface area (Å²) in [6.45, 7) is 0. The summed E-state index contributed by atoms with van der Waals surface area (Å²) in [7, 11) is 0. The molecule has 0 unspecified atom stereocenters. The van der Waals surface area contributed by atoms with E-state index >= 15 is 0 Å². The van der Waals surface area contributed by atoms with Crippen LogP contribution < -0.4 is 0 Å². The molecule has 0 saturated carbocycles. The molecular weight excluding hydrogens is 1210 g/mol. The van der Waals surface area contributed by atoms with E-state index in [0.29, 0.717) is 5.82 Å². The molecule has 13 aromatic carbocycles. The maximum absolute atomic E-state index is 5.29. The lowest BCUT2D eigenvalue weighted by atomic mass is 9.95. The predicted octanol–water partition coefficient (Wildman–Crippen LogP) is 23.0. The van der Waals surface area contributed by atoms with Crippen LogP contribution in [0, 0.1) is 0 Å². The fraction of sp³-hybridized carbons (Fsp3) is 0. The minimum atomic E-state index is 0.684. The Balaban J connectivity index is 0.000000143. The molecule has 0 aliphatic rings. The average molecular weight is 1260 g/mol. The van der Waals surface area contributed by atoms with Gasteiger partial charge in [0.15, 0.2) is 5.82 Å². The zero-order valence-corrected chi connectivity index (χ0v) is 53.6. The first kappa shape index (κ1) is 58.2. The van der Waals surface area contributed by atoms with Crippen molar-refractivity contribution in [2.24, 2.45) is 0 Å². The molecule has 0 radical (unpaired) electrons. The molecule has 19 rings (SSSR count). The van der Waals surface area contributed by atoms with Gasteiger partial charge in [0.05, 0.1) is 66.9 Å². The standard InChI is InChI=1S/C47H30N4.C44H28N4/c1-3-12-32(13-4-1)44-38-18-7-8-19-41(38)49-46-39(44)28-24-33-25-29-40(48-45(33)46)36-17-11-16-35(30-36)31-22-26-37(27-23-31)51-43-21-10-9-20-42(43)50-47(51)34-14-5-2-6-15-34;1-4-12-29(13-5-1)39-28-40(30-14-6-2-7-15-30)48-44(47-39)34-22-20-31(21-23-34)37-27-25-33-24-26-36-41(32-16-8-3-9-17-32)35-18-10-11-19-38(35)46-43(36)42(33)45-37/h1-30H;1-28H. The van der Waals surface area contributed by atoms with Crippen LogP contribution >= 0.6 is 0 Å². The number of para-hydroxylation sites is 4. The highest BCUT2D eigenvalue weighted by Gasteiger charge is 2.20. The molecule has 8 heteroatoms. The molecule has 99 heavy (non-hydrogen) atoms. The number of hydrogen-bond donors (Lipinski definition) is 0. The Labute approximate surface area is 571 Å². The lowest BCUT2D eigenvalue weighted by Gasteiger charge is -2.13. The minimum Gasteiger partial charge on any atom is -0.292 e. The summed E-state index contributed by atoms with van der Waals surface area (Å²) in [4.78, 5) is 35.9. The third-order valence-corrected chi connectivity index (χ3v) is 18.7. The highest BCUT2D eigenvalue weighted by molar-refractivity contribution is 6.17. The molecule has 0 aliphatic carbocycles. The Hall–Kier alpha value is -13.4. The maximum Gasteiger partial charge on any atom is 0.160 e. The number of fused-ring (bicyclic) bond motifs is 9. The van der Waals surface area contributed by atoms with Gasteiger partial charge in [-0.1, -0.05) is 291 Å². The van der Waals surface area contributed by atoms with Gasteiger partial charge in [0.25, 0.3) is 0 Å². The van der Waals surface area contributed by atoms with E-state index in [4.69, 9.17) is 34.9 Å². The minimum absolute atomic E-state index is 0.684. The highest BCUT2D eigenvalue weighted by atomic mass is 15.1. The number of imidazole rings is 1. The summed E-state index contributed by atoms with van der Waals surface area (Å²) < 4.78 is 2.24. The Bertz CT molecular complexity index is 6190. The Morgan fingerprint density at radius 1 is 0.202 bits per heavy atom. The summed E-state index contributed by atoms with van der Waals surface area (Å²) in [6, 6.07) is 122. The Kier molecular flexibility index (Phi) is 14.7. The van der Waals surface area contributed by atoms with E-state index in [0.717, 1.165) is 155 Å². The van der Waals surface area contributed by atoms with Crippen molar-refractivity contribution >= 4 is 76.5 Å². The van der Waals surface area contributed by atoms with Crippen LogP contribution in [0.3, 0.4) is 0 Å². The normalized spacial score (nSPS) is 11.4. The quantitative estimate of drug-likeness (QED) is 0.0994. The van der Waals surface area contributed by atoms with Gasteiger partial charge in [-0.05, 0) is 82.9 Å². The zero-order valence-electron chi connectivity index (χ0n) is 53.6.